The van der Waals surface area contributed by atoms with E-state index in [9.17, 15) is 17.6 Å². The van der Waals surface area contributed by atoms with E-state index in [1.807, 2.05) is 0 Å². The van der Waals surface area contributed by atoms with Crippen LogP contribution in [0.25, 0.3) is 0 Å². The van der Waals surface area contributed by atoms with E-state index in [2.05, 4.69) is 11.9 Å². The van der Waals surface area contributed by atoms with Crippen LogP contribution in [-0.2, 0) is 21.2 Å². The Morgan fingerprint density at radius 2 is 2.00 bits per heavy atom. The van der Waals surface area contributed by atoms with E-state index in [1.54, 1.807) is 12.1 Å². The molecule has 116 valence electrons. The van der Waals surface area contributed by atoms with Crippen LogP contribution in [0.2, 0.25) is 0 Å². The van der Waals surface area contributed by atoms with Gasteiger partial charge in [-0.25, -0.2) is 12.8 Å². The quantitative estimate of drug-likeness (QED) is 0.726. The Morgan fingerprint density at radius 3 is 2.52 bits per heavy atom. The number of rotatable bonds is 8. The summed E-state index contributed by atoms with van der Waals surface area (Å²) in [6.45, 7) is 3.66. The van der Waals surface area contributed by atoms with E-state index in [-0.39, 0.29) is 24.8 Å². The molecule has 0 aliphatic carbocycles. The van der Waals surface area contributed by atoms with Gasteiger partial charge in [-0.05, 0) is 24.1 Å². The second-order valence-corrected chi connectivity index (χ2v) is 6.55. The van der Waals surface area contributed by atoms with E-state index >= 15 is 0 Å². The minimum Gasteiger partial charge on any atom is -0.355 e. The zero-order valence-corrected chi connectivity index (χ0v) is 12.7. The van der Waals surface area contributed by atoms with Gasteiger partial charge in [-0.3, -0.25) is 4.79 Å². The van der Waals surface area contributed by atoms with Gasteiger partial charge >= 0.3 is 0 Å². The average Bonchev–Trinajstić information content (AvgIpc) is 2.39. The number of benzene rings is 1. The zero-order chi connectivity index (χ0) is 15.9. The van der Waals surface area contributed by atoms with Crippen molar-refractivity contribution in [3.05, 3.63) is 48.3 Å². The highest BCUT2D eigenvalue weighted by Crippen LogP contribution is 2.03. The molecule has 7 heteroatoms. The first-order valence-corrected chi connectivity index (χ1v) is 8.25. The summed E-state index contributed by atoms with van der Waals surface area (Å²) in [5.41, 5.74) is 0.891. The summed E-state index contributed by atoms with van der Waals surface area (Å²) in [5, 5.41) is 2.63. The third-order valence-corrected chi connectivity index (χ3v) is 3.99. The lowest BCUT2D eigenvalue weighted by molar-refractivity contribution is -0.121. The summed E-state index contributed by atoms with van der Waals surface area (Å²) in [7, 11) is -3.44. The molecule has 0 spiro atoms. The van der Waals surface area contributed by atoms with Gasteiger partial charge in [-0.2, -0.15) is 4.31 Å². The Hall–Kier alpha value is -1.73. The monoisotopic (exact) mass is 314 g/mol. The molecule has 1 N–H and O–H groups in total. The molecule has 0 aliphatic rings. The molecule has 0 aromatic heterocycles. The van der Waals surface area contributed by atoms with Crippen LogP contribution in [0.15, 0.2) is 36.9 Å². The van der Waals surface area contributed by atoms with Gasteiger partial charge in [-0.1, -0.05) is 18.2 Å². The molecular weight excluding hydrogens is 295 g/mol. The Kier molecular flexibility index (Phi) is 6.51. The summed E-state index contributed by atoms with van der Waals surface area (Å²) in [5.74, 6) is -0.694. The molecule has 0 unspecified atom stereocenters. The first-order valence-electron chi connectivity index (χ1n) is 6.40. The highest BCUT2D eigenvalue weighted by atomic mass is 32.2. The summed E-state index contributed by atoms with van der Waals surface area (Å²) in [6.07, 6.45) is 3.02. The predicted molar refractivity (Wildman–Crippen MR) is 79.7 cm³/mol. The molecule has 0 heterocycles. The minimum atomic E-state index is -3.44. The van der Waals surface area contributed by atoms with E-state index in [1.165, 1.54) is 18.2 Å². The summed E-state index contributed by atoms with van der Waals surface area (Å²) < 4.78 is 36.7. The third kappa shape index (κ3) is 6.50. The van der Waals surface area contributed by atoms with Crippen molar-refractivity contribution in [1.29, 1.82) is 0 Å². The van der Waals surface area contributed by atoms with Gasteiger partial charge < -0.3 is 5.32 Å². The summed E-state index contributed by atoms with van der Waals surface area (Å²) in [6, 6.07) is 5.99. The van der Waals surface area contributed by atoms with Gasteiger partial charge in [0.1, 0.15) is 5.82 Å². The van der Waals surface area contributed by atoms with Crippen LogP contribution in [0.1, 0.15) is 5.56 Å². The Morgan fingerprint density at radius 1 is 1.38 bits per heavy atom. The average molecular weight is 314 g/mol. The number of hydrogen-bond acceptors (Lipinski definition) is 3. The molecule has 0 fully saturated rings. The summed E-state index contributed by atoms with van der Waals surface area (Å²) in [4.78, 5) is 11.7. The van der Waals surface area contributed by atoms with Crippen LogP contribution in [0.5, 0.6) is 0 Å². The number of nitrogens with zero attached hydrogens (tertiary/aromatic N) is 1. The second kappa shape index (κ2) is 7.90. The molecular formula is C14H19FN2O3S. The van der Waals surface area contributed by atoms with Gasteiger partial charge in [0, 0.05) is 13.1 Å². The third-order valence-electron chi connectivity index (χ3n) is 2.77. The van der Waals surface area contributed by atoms with Crippen LogP contribution < -0.4 is 5.32 Å². The number of amides is 1. The number of nitrogens with one attached hydrogen (secondary N) is 1. The van der Waals surface area contributed by atoms with Crippen LogP contribution in [-0.4, -0.2) is 44.5 Å². The van der Waals surface area contributed by atoms with Crippen LogP contribution in [0.3, 0.4) is 0 Å². The summed E-state index contributed by atoms with van der Waals surface area (Å²) >= 11 is 0. The SMILES string of the molecule is C=CCN(CC(=O)NCCc1ccc(F)cc1)S(C)(=O)=O. The Balaban J connectivity index is 2.42. The first-order chi connectivity index (χ1) is 9.82. The predicted octanol–water partition coefficient (Wildman–Crippen LogP) is 0.932. The van der Waals surface area contributed by atoms with Crippen LogP contribution >= 0.6 is 0 Å². The van der Waals surface area contributed by atoms with E-state index < -0.39 is 10.0 Å². The van der Waals surface area contributed by atoms with Crippen molar-refractivity contribution in [1.82, 2.24) is 9.62 Å². The topological polar surface area (TPSA) is 66.5 Å². The lowest BCUT2D eigenvalue weighted by atomic mass is 10.1. The second-order valence-electron chi connectivity index (χ2n) is 4.57. The normalized spacial score (nSPS) is 11.4. The standard InChI is InChI=1S/C14H19FN2O3S/c1-3-10-17(21(2,19)20)11-14(18)16-9-8-12-4-6-13(15)7-5-12/h3-7H,1,8-11H2,2H3,(H,16,18). The number of halogens is 1. The molecule has 0 aliphatic heterocycles. The van der Waals surface area contributed by atoms with Crippen molar-refractivity contribution >= 4 is 15.9 Å². The Bertz CT molecular complexity index is 585. The zero-order valence-electron chi connectivity index (χ0n) is 11.9. The van der Waals surface area contributed by atoms with Gasteiger partial charge in [0.2, 0.25) is 15.9 Å². The van der Waals surface area contributed by atoms with Crippen molar-refractivity contribution in [3.63, 3.8) is 0 Å². The van der Waals surface area contributed by atoms with Gasteiger partial charge in [-0.15, -0.1) is 6.58 Å². The number of carbonyl (C=O) groups is 1. The molecule has 5 nitrogen and oxygen atoms in total. The molecule has 1 rings (SSSR count). The van der Waals surface area contributed by atoms with Crippen LogP contribution in [0.4, 0.5) is 4.39 Å². The van der Waals surface area contributed by atoms with E-state index in [0.29, 0.717) is 13.0 Å². The van der Waals surface area contributed by atoms with Crippen LogP contribution in [0, 0.1) is 5.82 Å². The number of sulfonamides is 1. The number of hydrogen-bond donors (Lipinski definition) is 1. The lowest BCUT2D eigenvalue weighted by Crippen LogP contribution is -2.40. The maximum absolute atomic E-state index is 12.7. The molecule has 0 saturated carbocycles. The van der Waals surface area contributed by atoms with Gasteiger partial charge in [0.15, 0.2) is 0 Å². The molecule has 1 aromatic carbocycles. The van der Waals surface area contributed by atoms with E-state index in [0.717, 1.165) is 16.1 Å². The van der Waals surface area contributed by atoms with Crippen molar-refractivity contribution in [3.8, 4) is 0 Å². The van der Waals surface area contributed by atoms with Crippen molar-refractivity contribution < 1.29 is 17.6 Å². The fourth-order valence-corrected chi connectivity index (χ4v) is 2.40. The Labute approximate surface area is 124 Å². The maximum atomic E-state index is 12.7. The molecule has 0 atom stereocenters. The van der Waals surface area contributed by atoms with Gasteiger partial charge in [0.25, 0.3) is 0 Å². The fraction of sp³-hybridized carbons (Fsp3) is 0.357. The highest BCUT2D eigenvalue weighted by molar-refractivity contribution is 7.88. The molecule has 0 bridgehead atoms. The highest BCUT2D eigenvalue weighted by Gasteiger charge is 2.18. The molecule has 21 heavy (non-hydrogen) atoms. The van der Waals surface area contributed by atoms with Crippen molar-refractivity contribution in [2.24, 2.45) is 0 Å². The number of carbonyl (C=O) groups excluding carboxylic acids is 1. The molecule has 1 aromatic rings. The smallest absolute Gasteiger partial charge is 0.235 e. The largest absolute Gasteiger partial charge is 0.355 e. The first kappa shape index (κ1) is 17.3. The molecule has 1 amide bonds. The molecule has 0 saturated heterocycles. The van der Waals surface area contributed by atoms with Gasteiger partial charge in [0.05, 0.1) is 12.8 Å². The van der Waals surface area contributed by atoms with Crippen molar-refractivity contribution in [2.75, 3.05) is 25.9 Å². The maximum Gasteiger partial charge on any atom is 0.235 e. The minimum absolute atomic E-state index is 0.0875. The molecule has 0 radical (unpaired) electrons. The lowest BCUT2D eigenvalue weighted by Gasteiger charge is -2.17. The van der Waals surface area contributed by atoms with Crippen molar-refractivity contribution in [2.45, 2.75) is 6.42 Å². The van der Waals surface area contributed by atoms with E-state index in [4.69, 9.17) is 0 Å². The fourth-order valence-electron chi connectivity index (χ4n) is 1.67.